The number of rotatable bonds is 48. The molecule has 1 saturated heterocycles. The Bertz CT molecular complexity index is 1020. The predicted octanol–water partition coefficient (Wildman–Crippen LogP) is 11.0. The fourth-order valence-corrected chi connectivity index (χ4v) is 9.33. The van der Waals surface area contributed by atoms with Crippen LogP contribution in [0.2, 0.25) is 0 Å². The summed E-state index contributed by atoms with van der Waals surface area (Å²) in [6, 6.07) is -1.16. The molecule has 1 rings (SSSR count). The molecule has 388 valence electrons. The van der Waals surface area contributed by atoms with Gasteiger partial charge in [-0.1, -0.05) is 258 Å². The molecular formula is C54H107NO10. The van der Waals surface area contributed by atoms with Gasteiger partial charge in [-0.25, -0.2) is 0 Å². The maximum absolute atomic E-state index is 13.1. The van der Waals surface area contributed by atoms with Crippen LogP contribution in [0.25, 0.3) is 0 Å². The second-order valence-electron chi connectivity index (χ2n) is 20.0. The summed E-state index contributed by atoms with van der Waals surface area (Å²) in [5.41, 5.74) is 0. The Kier molecular flexibility index (Phi) is 42.4. The number of hydrogen-bond donors (Lipinski definition) is 8. The van der Waals surface area contributed by atoms with Gasteiger partial charge >= 0.3 is 0 Å². The lowest BCUT2D eigenvalue weighted by Gasteiger charge is -2.40. The highest BCUT2D eigenvalue weighted by atomic mass is 16.7. The molecule has 8 N–H and O–H groups in total. The summed E-state index contributed by atoms with van der Waals surface area (Å²) in [4.78, 5) is 13.1. The lowest BCUT2D eigenvalue weighted by atomic mass is 9.98. The van der Waals surface area contributed by atoms with Crippen molar-refractivity contribution in [2.45, 2.75) is 326 Å². The lowest BCUT2D eigenvalue weighted by molar-refractivity contribution is -0.303. The number of aliphatic hydroxyl groups excluding tert-OH is 7. The lowest BCUT2D eigenvalue weighted by Crippen LogP contribution is -2.60. The SMILES string of the molecule is CCCCCCCCCCCCCCCCCCCCCCCCCCCCCCCCCCC(O)C(=O)NC(COC1OC(CO)C(O)C(O)C1O)C(O)C(O)CCCCCCCC. The first-order chi connectivity index (χ1) is 31.7. The number of ether oxygens (including phenoxy) is 2. The quantitative estimate of drug-likeness (QED) is 0.0273. The molecule has 1 aliphatic rings. The highest BCUT2D eigenvalue weighted by Gasteiger charge is 2.44. The minimum absolute atomic E-state index is 0.266. The van der Waals surface area contributed by atoms with Crippen LogP contribution >= 0.6 is 0 Å². The van der Waals surface area contributed by atoms with Crippen molar-refractivity contribution in [1.82, 2.24) is 5.32 Å². The van der Waals surface area contributed by atoms with E-state index in [1.165, 1.54) is 180 Å². The van der Waals surface area contributed by atoms with Gasteiger partial charge in [-0.05, 0) is 12.8 Å². The molecular weight excluding hydrogens is 823 g/mol. The maximum atomic E-state index is 13.1. The second kappa shape index (κ2) is 44.3. The van der Waals surface area contributed by atoms with E-state index in [1.54, 1.807) is 0 Å². The monoisotopic (exact) mass is 930 g/mol. The average molecular weight is 930 g/mol. The van der Waals surface area contributed by atoms with Crippen molar-refractivity contribution < 1.29 is 50.0 Å². The minimum Gasteiger partial charge on any atom is -0.394 e. The smallest absolute Gasteiger partial charge is 0.249 e. The van der Waals surface area contributed by atoms with Gasteiger partial charge in [-0.15, -0.1) is 0 Å². The Balaban J connectivity index is 2.08. The van der Waals surface area contributed by atoms with E-state index in [4.69, 9.17) is 9.47 Å². The highest BCUT2D eigenvalue weighted by Crippen LogP contribution is 2.23. The van der Waals surface area contributed by atoms with Gasteiger partial charge in [0.15, 0.2) is 6.29 Å². The molecule has 0 spiro atoms. The number of carbonyl (C=O) groups excluding carboxylic acids is 1. The van der Waals surface area contributed by atoms with Crippen molar-refractivity contribution in [2.24, 2.45) is 0 Å². The molecule has 65 heavy (non-hydrogen) atoms. The Hall–Kier alpha value is -0.890. The van der Waals surface area contributed by atoms with E-state index in [1.807, 2.05) is 0 Å². The van der Waals surface area contributed by atoms with Gasteiger partial charge in [0.05, 0.1) is 25.4 Å². The fourth-order valence-electron chi connectivity index (χ4n) is 9.33. The summed E-state index contributed by atoms with van der Waals surface area (Å²) in [7, 11) is 0. The molecule has 11 nitrogen and oxygen atoms in total. The van der Waals surface area contributed by atoms with Crippen molar-refractivity contribution >= 4 is 5.91 Å². The molecule has 11 heteroatoms. The molecule has 0 aromatic carbocycles. The Morgan fingerprint density at radius 3 is 1.14 bits per heavy atom. The predicted molar refractivity (Wildman–Crippen MR) is 266 cm³/mol. The van der Waals surface area contributed by atoms with Crippen LogP contribution in [0.15, 0.2) is 0 Å². The van der Waals surface area contributed by atoms with Crippen LogP contribution in [-0.2, 0) is 14.3 Å². The average Bonchev–Trinajstić information content (AvgIpc) is 3.31. The minimum atomic E-state index is -1.65. The summed E-state index contributed by atoms with van der Waals surface area (Å²) in [5.74, 6) is -0.695. The fraction of sp³-hybridized carbons (Fsp3) is 0.981. The van der Waals surface area contributed by atoms with Crippen LogP contribution in [0, 0.1) is 0 Å². The largest absolute Gasteiger partial charge is 0.394 e. The Morgan fingerprint density at radius 2 is 0.800 bits per heavy atom. The molecule has 1 fully saturated rings. The van der Waals surface area contributed by atoms with E-state index >= 15 is 0 Å². The van der Waals surface area contributed by atoms with Crippen LogP contribution in [-0.4, -0.2) is 110 Å². The van der Waals surface area contributed by atoms with Gasteiger partial charge in [-0.2, -0.15) is 0 Å². The summed E-state index contributed by atoms with van der Waals surface area (Å²) in [5, 5.41) is 75.4. The van der Waals surface area contributed by atoms with E-state index in [0.29, 0.717) is 19.3 Å². The number of unbranched alkanes of at least 4 members (excludes halogenated alkanes) is 36. The van der Waals surface area contributed by atoms with Crippen LogP contribution in [0.4, 0.5) is 0 Å². The van der Waals surface area contributed by atoms with Gasteiger partial charge in [0.25, 0.3) is 0 Å². The molecule has 1 heterocycles. The molecule has 0 bridgehead atoms. The van der Waals surface area contributed by atoms with Gasteiger partial charge in [0, 0.05) is 0 Å². The third kappa shape index (κ3) is 33.3. The van der Waals surface area contributed by atoms with Gasteiger partial charge < -0.3 is 50.5 Å². The number of amides is 1. The van der Waals surface area contributed by atoms with Crippen LogP contribution in [0.3, 0.4) is 0 Å². The van der Waals surface area contributed by atoms with Crippen molar-refractivity contribution in [3.8, 4) is 0 Å². The first-order valence-corrected chi connectivity index (χ1v) is 27.9. The molecule has 1 aliphatic heterocycles. The first kappa shape index (κ1) is 62.1. The zero-order valence-corrected chi connectivity index (χ0v) is 42.2. The standard InChI is InChI=1S/C54H107NO10/c1-3-5-7-9-11-12-13-14-15-16-17-18-19-20-21-22-23-24-25-26-27-28-29-30-31-32-33-34-35-36-38-40-42-47(58)53(63)55-45(49(59)46(57)41-39-37-10-8-6-4-2)44-64-54-52(62)51(61)50(60)48(43-56)65-54/h45-52,54,56-62H,3-44H2,1-2H3,(H,55,63). The molecule has 1 amide bonds. The van der Waals surface area contributed by atoms with Crippen LogP contribution < -0.4 is 5.32 Å². The van der Waals surface area contributed by atoms with E-state index in [-0.39, 0.29) is 6.42 Å². The van der Waals surface area contributed by atoms with Crippen LogP contribution in [0.1, 0.15) is 271 Å². The first-order valence-electron chi connectivity index (χ1n) is 27.9. The van der Waals surface area contributed by atoms with Gasteiger partial charge in [0.2, 0.25) is 5.91 Å². The van der Waals surface area contributed by atoms with E-state index in [0.717, 1.165) is 51.4 Å². The maximum Gasteiger partial charge on any atom is 0.249 e. The number of aliphatic hydroxyl groups is 7. The highest BCUT2D eigenvalue weighted by molar-refractivity contribution is 5.80. The zero-order valence-electron chi connectivity index (χ0n) is 42.2. The molecule has 9 unspecified atom stereocenters. The third-order valence-electron chi connectivity index (χ3n) is 13.9. The molecule has 0 aliphatic carbocycles. The second-order valence-corrected chi connectivity index (χ2v) is 20.0. The number of carbonyl (C=O) groups is 1. The van der Waals surface area contributed by atoms with Gasteiger partial charge in [-0.3, -0.25) is 4.79 Å². The van der Waals surface area contributed by atoms with Crippen molar-refractivity contribution in [2.75, 3.05) is 13.2 Å². The van der Waals surface area contributed by atoms with E-state index in [2.05, 4.69) is 19.2 Å². The van der Waals surface area contributed by atoms with E-state index in [9.17, 15) is 40.5 Å². The van der Waals surface area contributed by atoms with Crippen LogP contribution in [0.5, 0.6) is 0 Å². The van der Waals surface area contributed by atoms with Crippen molar-refractivity contribution in [3.05, 3.63) is 0 Å². The van der Waals surface area contributed by atoms with Crippen molar-refractivity contribution in [1.29, 1.82) is 0 Å². The molecule has 0 aromatic rings. The molecule has 0 aromatic heterocycles. The third-order valence-corrected chi connectivity index (χ3v) is 13.9. The summed E-state index contributed by atoms with van der Waals surface area (Å²) in [6.45, 7) is 3.39. The number of nitrogens with one attached hydrogen (secondary N) is 1. The zero-order chi connectivity index (χ0) is 47.6. The van der Waals surface area contributed by atoms with E-state index < -0.39 is 74.2 Å². The summed E-state index contributed by atoms with van der Waals surface area (Å²) >= 11 is 0. The summed E-state index contributed by atoms with van der Waals surface area (Å²) < 4.78 is 11.1. The molecule has 0 radical (unpaired) electrons. The Labute approximate surface area is 399 Å². The summed E-state index contributed by atoms with van der Waals surface area (Å²) in [6.07, 6.45) is 38.2. The van der Waals surface area contributed by atoms with Gasteiger partial charge in [0.1, 0.15) is 36.6 Å². The normalized spacial score (nSPS) is 20.8. The van der Waals surface area contributed by atoms with Crippen molar-refractivity contribution in [3.63, 3.8) is 0 Å². The molecule has 9 atom stereocenters. The topological polar surface area (TPSA) is 189 Å². The Morgan fingerprint density at radius 1 is 0.477 bits per heavy atom. The number of hydrogen-bond acceptors (Lipinski definition) is 10. The molecule has 0 saturated carbocycles.